The van der Waals surface area contributed by atoms with E-state index in [2.05, 4.69) is 20.1 Å². The van der Waals surface area contributed by atoms with Gasteiger partial charge in [0.2, 0.25) is 0 Å². The summed E-state index contributed by atoms with van der Waals surface area (Å²) in [6, 6.07) is 2.32. The minimum absolute atomic E-state index is 0.0439. The summed E-state index contributed by atoms with van der Waals surface area (Å²) in [6.45, 7) is 7.87. The Kier molecular flexibility index (Phi) is 5.66. The average Bonchev–Trinajstić information content (AvgIpc) is 3.24. The van der Waals surface area contributed by atoms with Crippen molar-refractivity contribution >= 4 is 11.4 Å². The highest BCUT2D eigenvalue weighted by molar-refractivity contribution is 5.62. The van der Waals surface area contributed by atoms with Crippen LogP contribution in [0.2, 0.25) is 0 Å². The van der Waals surface area contributed by atoms with Crippen LogP contribution in [-0.4, -0.2) is 28.0 Å². The van der Waals surface area contributed by atoms with Gasteiger partial charge in [0.1, 0.15) is 17.9 Å². The molecule has 31 heavy (non-hydrogen) atoms. The standard InChI is InChI=1S/C18H13F6N5O2/c1-9-15(10(2)30-27-9)16-26-14(28-31-16)7-29(8-17(19,20)21)11-4-5-13(25-3)12(6-11)18(22,23)24/h4-6H,7-8H2,1-2H3. The quantitative estimate of drug-likeness (QED) is 0.383. The first-order valence-electron chi connectivity index (χ1n) is 8.55. The van der Waals surface area contributed by atoms with Crippen LogP contribution in [0.25, 0.3) is 16.3 Å². The number of nitrogens with zero attached hydrogens (tertiary/aromatic N) is 5. The van der Waals surface area contributed by atoms with Crippen molar-refractivity contribution in [3.63, 3.8) is 0 Å². The minimum atomic E-state index is -4.91. The Labute approximate surface area is 171 Å². The number of aromatic nitrogens is 3. The van der Waals surface area contributed by atoms with E-state index in [4.69, 9.17) is 15.6 Å². The molecule has 0 N–H and O–H groups in total. The Morgan fingerprint density at radius 3 is 2.32 bits per heavy atom. The Morgan fingerprint density at radius 2 is 1.77 bits per heavy atom. The summed E-state index contributed by atoms with van der Waals surface area (Å²) in [6.07, 6.45) is -9.65. The fraction of sp³-hybridized carbons (Fsp3) is 0.333. The largest absolute Gasteiger partial charge is 0.407 e. The lowest BCUT2D eigenvalue weighted by atomic mass is 10.1. The predicted molar refractivity (Wildman–Crippen MR) is 94.1 cm³/mol. The topological polar surface area (TPSA) is 72.6 Å². The van der Waals surface area contributed by atoms with Crippen LogP contribution >= 0.6 is 0 Å². The summed E-state index contributed by atoms with van der Waals surface area (Å²) in [5.41, 5.74) is -1.66. The molecule has 2 heterocycles. The fourth-order valence-electron chi connectivity index (χ4n) is 2.88. The van der Waals surface area contributed by atoms with Gasteiger partial charge >= 0.3 is 12.4 Å². The molecule has 0 saturated carbocycles. The average molecular weight is 445 g/mol. The van der Waals surface area contributed by atoms with E-state index in [1.165, 1.54) is 0 Å². The highest BCUT2D eigenvalue weighted by Gasteiger charge is 2.36. The van der Waals surface area contributed by atoms with Gasteiger partial charge < -0.3 is 13.9 Å². The normalized spacial score (nSPS) is 12.1. The molecule has 0 aliphatic heterocycles. The number of halogens is 6. The van der Waals surface area contributed by atoms with Crippen LogP contribution in [0.3, 0.4) is 0 Å². The molecule has 0 radical (unpaired) electrons. The molecule has 2 aromatic heterocycles. The van der Waals surface area contributed by atoms with Crippen LogP contribution in [0.15, 0.2) is 27.2 Å². The molecule has 3 rings (SSSR count). The first-order chi connectivity index (χ1) is 14.4. The van der Waals surface area contributed by atoms with Crippen molar-refractivity contribution in [3.8, 4) is 11.5 Å². The summed E-state index contributed by atoms with van der Waals surface area (Å²) in [5.74, 6) is 0.115. The van der Waals surface area contributed by atoms with Crippen LogP contribution in [0.5, 0.6) is 0 Å². The van der Waals surface area contributed by atoms with Crippen molar-refractivity contribution in [2.45, 2.75) is 32.7 Å². The molecule has 0 aliphatic carbocycles. The number of rotatable bonds is 5. The van der Waals surface area contributed by atoms with Crippen LogP contribution in [0.4, 0.5) is 37.7 Å². The van der Waals surface area contributed by atoms with Crippen molar-refractivity contribution in [2.24, 2.45) is 0 Å². The lowest BCUT2D eigenvalue weighted by Gasteiger charge is -2.25. The van der Waals surface area contributed by atoms with Crippen LogP contribution in [0.1, 0.15) is 22.8 Å². The maximum atomic E-state index is 13.2. The molecule has 164 valence electrons. The monoisotopic (exact) mass is 445 g/mol. The third kappa shape index (κ3) is 4.96. The van der Waals surface area contributed by atoms with Gasteiger partial charge in [0.25, 0.3) is 5.89 Å². The Morgan fingerprint density at radius 1 is 1.06 bits per heavy atom. The Bertz CT molecular complexity index is 1110. The second-order valence-corrected chi connectivity index (χ2v) is 6.50. The minimum Gasteiger partial charge on any atom is -0.361 e. The smallest absolute Gasteiger partial charge is 0.361 e. The molecule has 1 aromatic carbocycles. The number of alkyl halides is 6. The molecule has 0 amide bonds. The summed E-state index contributed by atoms with van der Waals surface area (Å²) in [5, 5.41) is 7.33. The SMILES string of the molecule is [C-]#[N+]c1ccc(N(Cc2noc(-c3c(C)noc3C)n2)CC(F)(F)F)cc1C(F)(F)F. The second-order valence-electron chi connectivity index (χ2n) is 6.50. The van der Waals surface area contributed by atoms with Crippen LogP contribution in [0, 0.1) is 20.4 Å². The van der Waals surface area contributed by atoms with Crippen molar-refractivity contribution in [2.75, 3.05) is 11.4 Å². The first-order valence-corrected chi connectivity index (χ1v) is 8.55. The number of hydrogen-bond donors (Lipinski definition) is 0. The van der Waals surface area contributed by atoms with Crippen molar-refractivity contribution < 1.29 is 35.4 Å². The summed E-state index contributed by atoms with van der Waals surface area (Å²) in [7, 11) is 0. The van der Waals surface area contributed by atoms with Gasteiger partial charge in [0.15, 0.2) is 11.5 Å². The third-order valence-corrected chi connectivity index (χ3v) is 4.19. The van der Waals surface area contributed by atoms with Crippen molar-refractivity contribution in [3.05, 3.63) is 52.5 Å². The molecule has 13 heteroatoms. The Balaban J connectivity index is 1.98. The lowest BCUT2D eigenvalue weighted by Crippen LogP contribution is -2.34. The molecule has 0 atom stereocenters. The van der Waals surface area contributed by atoms with Crippen LogP contribution < -0.4 is 4.90 Å². The van der Waals surface area contributed by atoms with Crippen molar-refractivity contribution in [1.82, 2.24) is 15.3 Å². The van der Waals surface area contributed by atoms with Crippen molar-refractivity contribution in [1.29, 1.82) is 0 Å². The van der Waals surface area contributed by atoms with Gasteiger partial charge in [0.05, 0.1) is 24.4 Å². The van der Waals surface area contributed by atoms with Gasteiger partial charge in [-0.15, -0.1) is 0 Å². The van der Waals surface area contributed by atoms with E-state index in [-0.39, 0.29) is 11.7 Å². The van der Waals surface area contributed by atoms with E-state index < -0.39 is 42.4 Å². The molecule has 0 spiro atoms. The zero-order valence-corrected chi connectivity index (χ0v) is 16.0. The highest BCUT2D eigenvalue weighted by atomic mass is 19.4. The highest BCUT2D eigenvalue weighted by Crippen LogP contribution is 2.39. The van der Waals surface area contributed by atoms with E-state index in [1.807, 2.05) is 0 Å². The lowest BCUT2D eigenvalue weighted by molar-refractivity contribution is -0.136. The molecule has 3 aromatic rings. The molecule has 0 fully saturated rings. The fourth-order valence-corrected chi connectivity index (χ4v) is 2.88. The zero-order chi connectivity index (χ0) is 23.0. The number of anilines is 1. The van der Waals surface area contributed by atoms with Gasteiger partial charge in [0, 0.05) is 5.69 Å². The second kappa shape index (κ2) is 7.93. The molecular formula is C18H13F6N5O2. The molecule has 7 nitrogen and oxygen atoms in total. The van der Waals surface area contributed by atoms with E-state index in [9.17, 15) is 26.3 Å². The number of hydrogen-bond acceptors (Lipinski definition) is 6. The number of benzene rings is 1. The maximum absolute atomic E-state index is 13.2. The Hall–Kier alpha value is -3.56. The summed E-state index contributed by atoms with van der Waals surface area (Å²) >= 11 is 0. The molecule has 0 bridgehead atoms. The van der Waals surface area contributed by atoms with E-state index in [0.29, 0.717) is 28.0 Å². The zero-order valence-electron chi connectivity index (χ0n) is 16.0. The van der Waals surface area contributed by atoms with Gasteiger partial charge in [-0.1, -0.05) is 16.4 Å². The third-order valence-electron chi connectivity index (χ3n) is 4.19. The summed E-state index contributed by atoms with van der Waals surface area (Å²) in [4.78, 5) is 7.41. The maximum Gasteiger partial charge on any atom is 0.407 e. The van der Waals surface area contributed by atoms with Gasteiger partial charge in [-0.2, -0.15) is 31.3 Å². The first kappa shape index (κ1) is 22.1. The van der Waals surface area contributed by atoms with E-state index in [1.54, 1.807) is 13.8 Å². The summed E-state index contributed by atoms with van der Waals surface area (Å²) < 4.78 is 89.1. The predicted octanol–water partition coefficient (Wildman–Crippen LogP) is 5.48. The van der Waals surface area contributed by atoms with Gasteiger partial charge in [-0.05, 0) is 26.0 Å². The molecule has 0 saturated heterocycles. The van der Waals surface area contributed by atoms with Crippen LogP contribution in [-0.2, 0) is 12.7 Å². The molecule has 0 aliphatic rings. The molecule has 0 unspecified atom stereocenters. The van der Waals surface area contributed by atoms with Gasteiger partial charge in [-0.3, -0.25) is 0 Å². The van der Waals surface area contributed by atoms with E-state index >= 15 is 0 Å². The molecular weight excluding hydrogens is 432 g/mol. The van der Waals surface area contributed by atoms with E-state index in [0.717, 1.165) is 12.1 Å². The van der Waals surface area contributed by atoms with Gasteiger partial charge in [-0.25, -0.2) is 4.85 Å². The number of aryl methyl sites for hydroxylation is 2.